The minimum atomic E-state index is -0.823. The van der Waals surface area contributed by atoms with Crippen molar-refractivity contribution in [1.29, 1.82) is 0 Å². The van der Waals surface area contributed by atoms with Crippen LogP contribution in [0, 0.1) is 5.92 Å². The van der Waals surface area contributed by atoms with Gasteiger partial charge in [0.15, 0.2) is 5.11 Å². The number of esters is 1. The number of nitrogens with zero attached hydrogens (tertiary/aromatic N) is 1. The lowest BCUT2D eigenvalue weighted by atomic mass is 10.1. The molecule has 1 unspecified atom stereocenters. The maximum atomic E-state index is 12.8. The van der Waals surface area contributed by atoms with Gasteiger partial charge in [0.1, 0.15) is 11.8 Å². The fraction of sp³-hybridized carbons (Fsp3) is 0.583. The van der Waals surface area contributed by atoms with Gasteiger partial charge in [-0.2, -0.15) is 0 Å². The van der Waals surface area contributed by atoms with Gasteiger partial charge in [-0.25, -0.2) is 0 Å². The number of benzene rings is 1. The molecule has 0 spiro atoms. The molecule has 33 heavy (non-hydrogen) atoms. The standard InChI is InChI=1S/C24H35N3O5S/c1-4-5-6-13-32-21(28)16-20-23(30)25-11-12-27(20)24(33)26-22(29)18-8-7-9-19(15-18)31-14-10-17(2)3/h7-9,15,17,20H,4-6,10-14,16H2,1-3H3,(H,25,30)(H,26,29,33). The van der Waals surface area contributed by atoms with E-state index in [4.69, 9.17) is 21.7 Å². The lowest BCUT2D eigenvalue weighted by Gasteiger charge is -2.36. The van der Waals surface area contributed by atoms with E-state index in [-0.39, 0.29) is 17.4 Å². The fourth-order valence-corrected chi connectivity index (χ4v) is 3.61. The minimum absolute atomic E-state index is 0.102. The number of carbonyl (C=O) groups excluding carboxylic acids is 3. The van der Waals surface area contributed by atoms with Crippen molar-refractivity contribution in [3.05, 3.63) is 29.8 Å². The molecule has 0 saturated carbocycles. The Morgan fingerprint density at radius 1 is 1.27 bits per heavy atom. The minimum Gasteiger partial charge on any atom is -0.494 e. The number of piperazine rings is 1. The molecule has 1 saturated heterocycles. The van der Waals surface area contributed by atoms with E-state index < -0.39 is 17.9 Å². The second-order valence-electron chi connectivity index (χ2n) is 8.45. The van der Waals surface area contributed by atoms with Gasteiger partial charge in [0.25, 0.3) is 5.91 Å². The van der Waals surface area contributed by atoms with Crippen molar-refractivity contribution in [2.24, 2.45) is 5.92 Å². The third-order valence-corrected chi connectivity index (χ3v) is 5.58. The van der Waals surface area contributed by atoms with Crippen molar-refractivity contribution >= 4 is 35.1 Å². The van der Waals surface area contributed by atoms with E-state index >= 15 is 0 Å². The smallest absolute Gasteiger partial charge is 0.308 e. The van der Waals surface area contributed by atoms with Gasteiger partial charge in [0, 0.05) is 18.7 Å². The highest BCUT2D eigenvalue weighted by Gasteiger charge is 2.34. The van der Waals surface area contributed by atoms with Crippen molar-refractivity contribution in [2.75, 3.05) is 26.3 Å². The monoisotopic (exact) mass is 477 g/mol. The molecule has 8 nitrogen and oxygen atoms in total. The number of nitrogens with one attached hydrogen (secondary N) is 2. The summed E-state index contributed by atoms with van der Waals surface area (Å²) >= 11 is 5.42. The van der Waals surface area contributed by atoms with E-state index in [0.29, 0.717) is 43.5 Å². The first-order valence-corrected chi connectivity index (χ1v) is 12.0. The van der Waals surface area contributed by atoms with Gasteiger partial charge in [-0.05, 0) is 49.2 Å². The molecule has 1 aliphatic rings. The number of amides is 2. The third-order valence-electron chi connectivity index (χ3n) is 5.24. The summed E-state index contributed by atoms with van der Waals surface area (Å²) < 4.78 is 11.0. The summed E-state index contributed by atoms with van der Waals surface area (Å²) in [5.74, 6) is -0.0453. The first kappa shape index (κ1) is 26.6. The predicted octanol–water partition coefficient (Wildman–Crippen LogP) is 3.05. The predicted molar refractivity (Wildman–Crippen MR) is 130 cm³/mol. The lowest BCUT2D eigenvalue weighted by Crippen LogP contribution is -2.60. The van der Waals surface area contributed by atoms with Crippen LogP contribution in [0.5, 0.6) is 5.75 Å². The molecule has 2 rings (SSSR count). The van der Waals surface area contributed by atoms with Crippen LogP contribution in [0.2, 0.25) is 0 Å². The largest absolute Gasteiger partial charge is 0.494 e. The Morgan fingerprint density at radius 3 is 2.79 bits per heavy atom. The fourth-order valence-electron chi connectivity index (χ4n) is 3.30. The average molecular weight is 478 g/mol. The van der Waals surface area contributed by atoms with Crippen LogP contribution in [-0.4, -0.2) is 60.1 Å². The number of carbonyl (C=O) groups is 3. The molecule has 1 aromatic carbocycles. The van der Waals surface area contributed by atoms with Crippen LogP contribution in [0.25, 0.3) is 0 Å². The summed E-state index contributed by atoms with van der Waals surface area (Å²) in [5.41, 5.74) is 0.396. The second-order valence-corrected chi connectivity index (χ2v) is 8.84. The van der Waals surface area contributed by atoms with E-state index in [0.717, 1.165) is 25.7 Å². The van der Waals surface area contributed by atoms with Gasteiger partial charge >= 0.3 is 5.97 Å². The van der Waals surface area contributed by atoms with E-state index in [9.17, 15) is 14.4 Å². The van der Waals surface area contributed by atoms with Gasteiger partial charge in [-0.1, -0.05) is 39.7 Å². The Bertz CT molecular complexity index is 830. The number of unbranched alkanes of at least 4 members (excludes halogenated alkanes) is 2. The number of hydrogen-bond donors (Lipinski definition) is 2. The van der Waals surface area contributed by atoms with Gasteiger partial charge in [-0.3, -0.25) is 19.7 Å². The molecule has 2 N–H and O–H groups in total. The molecule has 1 aliphatic heterocycles. The lowest BCUT2D eigenvalue weighted by molar-refractivity contribution is -0.147. The summed E-state index contributed by atoms with van der Waals surface area (Å²) in [6.45, 7) is 7.96. The van der Waals surface area contributed by atoms with E-state index in [1.165, 1.54) is 0 Å². The van der Waals surface area contributed by atoms with Crippen LogP contribution in [0.15, 0.2) is 24.3 Å². The topological polar surface area (TPSA) is 97.0 Å². The highest BCUT2D eigenvalue weighted by Crippen LogP contribution is 2.16. The third kappa shape index (κ3) is 9.00. The average Bonchev–Trinajstić information content (AvgIpc) is 2.78. The van der Waals surface area contributed by atoms with Crippen molar-refractivity contribution in [3.63, 3.8) is 0 Å². The maximum absolute atomic E-state index is 12.8. The van der Waals surface area contributed by atoms with Gasteiger partial charge in [-0.15, -0.1) is 0 Å². The van der Waals surface area contributed by atoms with Crippen LogP contribution in [-0.2, 0) is 14.3 Å². The summed E-state index contributed by atoms with van der Waals surface area (Å²) in [6, 6.07) is 6.05. The second kappa shape index (κ2) is 13.8. The van der Waals surface area contributed by atoms with Gasteiger partial charge < -0.3 is 19.7 Å². The molecular weight excluding hydrogens is 442 g/mol. The summed E-state index contributed by atoms with van der Waals surface area (Å²) in [5, 5.41) is 5.52. The van der Waals surface area contributed by atoms with Crippen molar-refractivity contribution in [3.8, 4) is 5.75 Å². The quantitative estimate of drug-likeness (QED) is 0.287. The zero-order chi connectivity index (χ0) is 24.2. The first-order chi connectivity index (χ1) is 15.8. The van der Waals surface area contributed by atoms with E-state index in [2.05, 4.69) is 31.4 Å². The molecule has 1 fully saturated rings. The zero-order valence-corrected chi connectivity index (χ0v) is 20.5. The maximum Gasteiger partial charge on any atom is 0.308 e. The molecule has 0 bridgehead atoms. The Balaban J connectivity index is 1.96. The van der Waals surface area contributed by atoms with Crippen LogP contribution in [0.1, 0.15) is 63.2 Å². The molecule has 9 heteroatoms. The molecular formula is C24H35N3O5S. The summed E-state index contributed by atoms with van der Waals surface area (Å²) in [4.78, 5) is 39.0. The van der Waals surface area contributed by atoms with Crippen LogP contribution in [0.3, 0.4) is 0 Å². The van der Waals surface area contributed by atoms with Gasteiger partial charge in [0.05, 0.1) is 19.6 Å². The van der Waals surface area contributed by atoms with Crippen molar-refractivity contribution in [1.82, 2.24) is 15.5 Å². The van der Waals surface area contributed by atoms with Crippen LogP contribution in [0.4, 0.5) is 0 Å². The normalized spacial score (nSPS) is 15.7. The molecule has 1 aromatic rings. The highest BCUT2D eigenvalue weighted by atomic mass is 32.1. The van der Waals surface area contributed by atoms with Gasteiger partial charge in [0.2, 0.25) is 5.91 Å². The number of rotatable bonds is 11. The summed E-state index contributed by atoms with van der Waals surface area (Å²) in [6.07, 6.45) is 3.57. The highest BCUT2D eigenvalue weighted by molar-refractivity contribution is 7.80. The summed E-state index contributed by atoms with van der Waals surface area (Å²) in [7, 11) is 0. The molecule has 1 atom stereocenters. The molecule has 182 valence electrons. The Kier molecular flexibility index (Phi) is 11.1. The van der Waals surface area contributed by atoms with Crippen LogP contribution >= 0.6 is 12.2 Å². The van der Waals surface area contributed by atoms with Crippen LogP contribution < -0.4 is 15.4 Å². The van der Waals surface area contributed by atoms with E-state index in [1.807, 2.05) is 0 Å². The number of hydrogen-bond acceptors (Lipinski definition) is 6. The van der Waals surface area contributed by atoms with E-state index in [1.54, 1.807) is 29.2 Å². The van der Waals surface area contributed by atoms with Crippen molar-refractivity contribution in [2.45, 2.75) is 58.9 Å². The van der Waals surface area contributed by atoms with Crippen molar-refractivity contribution < 1.29 is 23.9 Å². The molecule has 0 aromatic heterocycles. The SMILES string of the molecule is CCCCCOC(=O)CC1C(=O)NCCN1C(=S)NC(=O)c1cccc(OCCC(C)C)c1. The first-order valence-electron chi connectivity index (χ1n) is 11.6. The zero-order valence-electron chi connectivity index (χ0n) is 19.7. The molecule has 1 heterocycles. The Labute approximate surface area is 201 Å². The Hall–Kier alpha value is -2.68. The molecule has 0 aliphatic carbocycles. The molecule has 0 radical (unpaired) electrons. The molecule has 2 amide bonds. The Morgan fingerprint density at radius 2 is 2.06 bits per heavy atom. The number of ether oxygens (including phenoxy) is 2. The number of thiocarbonyl (C=S) groups is 1.